The molecule has 3 heterocycles. The Balaban J connectivity index is 2.24. The third kappa shape index (κ3) is 3.14. The van der Waals surface area contributed by atoms with Gasteiger partial charge >= 0.3 is 6.61 Å². The van der Waals surface area contributed by atoms with Crippen LogP contribution in [0.1, 0.15) is 30.4 Å². The molecule has 7 nitrogen and oxygen atoms in total. The molecule has 0 spiro atoms. The van der Waals surface area contributed by atoms with E-state index in [0.717, 1.165) is 12.3 Å². The van der Waals surface area contributed by atoms with Crippen molar-refractivity contribution in [1.82, 2.24) is 25.0 Å². The smallest absolute Gasteiger partial charge is 0.388 e. The largest absolute Gasteiger partial charge is 0.417 e. The van der Waals surface area contributed by atoms with Crippen LogP contribution in [0.25, 0.3) is 22.3 Å². The monoisotopic (exact) mass is 351 g/mol. The van der Waals surface area contributed by atoms with Crippen LogP contribution in [0.3, 0.4) is 0 Å². The summed E-state index contributed by atoms with van der Waals surface area (Å²) < 4.78 is 44.7. The number of hydrogen-bond acceptors (Lipinski definition) is 6. The molecule has 0 fully saturated rings. The van der Waals surface area contributed by atoms with Gasteiger partial charge < -0.3 is 4.74 Å². The van der Waals surface area contributed by atoms with Crippen molar-refractivity contribution in [3.05, 3.63) is 29.8 Å². The van der Waals surface area contributed by atoms with Crippen LogP contribution in [-0.4, -0.2) is 37.9 Å². The molecule has 3 aromatic heterocycles. The first-order chi connectivity index (χ1) is 11.9. The SMILES string of the molecule is CC(C)n1nc(-c2cc(OC(F)F)ncc2F)c2nnc(C=O)cc21. The van der Waals surface area contributed by atoms with E-state index in [1.165, 1.54) is 6.07 Å². The van der Waals surface area contributed by atoms with Gasteiger partial charge in [0.05, 0.1) is 11.7 Å². The number of carbonyl (C=O) groups is 1. The molecule has 0 aliphatic carbocycles. The molecule has 0 amide bonds. The second-order valence-electron chi connectivity index (χ2n) is 5.39. The molecule has 0 atom stereocenters. The molecule has 0 saturated heterocycles. The second-order valence-corrected chi connectivity index (χ2v) is 5.39. The summed E-state index contributed by atoms with van der Waals surface area (Å²) >= 11 is 0. The maximum atomic E-state index is 14.2. The Morgan fingerprint density at radius 3 is 2.64 bits per heavy atom. The summed E-state index contributed by atoms with van der Waals surface area (Å²) in [5.74, 6) is -1.23. The number of nitrogens with zero attached hydrogens (tertiary/aromatic N) is 5. The van der Waals surface area contributed by atoms with Crippen molar-refractivity contribution in [2.75, 3.05) is 0 Å². The summed E-state index contributed by atoms with van der Waals surface area (Å²) in [6.45, 7) is 0.586. The molecule has 0 N–H and O–H groups in total. The van der Waals surface area contributed by atoms with Crippen LogP contribution in [0.4, 0.5) is 13.2 Å². The van der Waals surface area contributed by atoms with E-state index in [2.05, 4.69) is 25.0 Å². The Hall–Kier alpha value is -3.04. The summed E-state index contributed by atoms with van der Waals surface area (Å²) in [5.41, 5.74) is 0.774. The first-order valence-electron chi connectivity index (χ1n) is 7.22. The van der Waals surface area contributed by atoms with Gasteiger partial charge in [-0.1, -0.05) is 0 Å². The van der Waals surface area contributed by atoms with E-state index in [-0.39, 0.29) is 28.5 Å². The van der Waals surface area contributed by atoms with E-state index in [0.29, 0.717) is 11.8 Å². The van der Waals surface area contributed by atoms with E-state index in [9.17, 15) is 18.0 Å². The minimum absolute atomic E-state index is 0.0904. The van der Waals surface area contributed by atoms with Crippen LogP contribution in [0, 0.1) is 5.82 Å². The van der Waals surface area contributed by atoms with E-state index in [1.54, 1.807) is 4.68 Å². The highest BCUT2D eigenvalue weighted by molar-refractivity contribution is 5.92. The molecule has 0 unspecified atom stereocenters. The first-order valence-corrected chi connectivity index (χ1v) is 7.22. The highest BCUT2D eigenvalue weighted by Crippen LogP contribution is 2.31. The lowest BCUT2D eigenvalue weighted by Crippen LogP contribution is -2.05. The quantitative estimate of drug-likeness (QED) is 0.657. The predicted molar refractivity (Wildman–Crippen MR) is 80.9 cm³/mol. The third-order valence-electron chi connectivity index (χ3n) is 3.38. The minimum Gasteiger partial charge on any atom is -0.417 e. The Bertz CT molecular complexity index is 942. The molecule has 3 rings (SSSR count). The lowest BCUT2D eigenvalue weighted by Gasteiger charge is -2.06. The molecule has 25 heavy (non-hydrogen) atoms. The molecule has 130 valence electrons. The van der Waals surface area contributed by atoms with Crippen LogP contribution in [0.2, 0.25) is 0 Å². The molecule has 3 aromatic rings. The van der Waals surface area contributed by atoms with Crippen LogP contribution in [0.5, 0.6) is 5.88 Å². The minimum atomic E-state index is -3.09. The lowest BCUT2D eigenvalue weighted by atomic mass is 10.1. The number of hydrogen-bond donors (Lipinski definition) is 0. The fourth-order valence-electron chi connectivity index (χ4n) is 2.34. The Kier molecular flexibility index (Phi) is 4.34. The highest BCUT2D eigenvalue weighted by Gasteiger charge is 2.21. The van der Waals surface area contributed by atoms with Gasteiger partial charge in [0.15, 0.2) is 12.1 Å². The van der Waals surface area contributed by atoms with Gasteiger partial charge in [-0.25, -0.2) is 9.37 Å². The zero-order valence-electron chi connectivity index (χ0n) is 13.2. The van der Waals surface area contributed by atoms with Gasteiger partial charge in [-0.3, -0.25) is 9.48 Å². The van der Waals surface area contributed by atoms with Gasteiger partial charge in [0.25, 0.3) is 0 Å². The molecule has 0 aromatic carbocycles. The molecule has 10 heteroatoms. The summed E-state index contributed by atoms with van der Waals surface area (Å²) in [6, 6.07) is 2.37. The number of ether oxygens (including phenoxy) is 1. The van der Waals surface area contributed by atoms with Crippen molar-refractivity contribution in [2.45, 2.75) is 26.5 Å². The molecule has 0 aliphatic rings. The van der Waals surface area contributed by atoms with Crippen LogP contribution < -0.4 is 4.74 Å². The fourth-order valence-corrected chi connectivity index (χ4v) is 2.34. The number of alkyl halides is 2. The van der Waals surface area contributed by atoms with Crippen molar-refractivity contribution in [2.24, 2.45) is 0 Å². The number of fused-ring (bicyclic) bond motifs is 1. The van der Waals surface area contributed by atoms with E-state index in [1.807, 2.05) is 13.8 Å². The van der Waals surface area contributed by atoms with Gasteiger partial charge in [-0.05, 0) is 19.9 Å². The van der Waals surface area contributed by atoms with Gasteiger partial charge in [0.2, 0.25) is 5.88 Å². The number of rotatable bonds is 5. The van der Waals surface area contributed by atoms with E-state index >= 15 is 0 Å². The maximum Gasteiger partial charge on any atom is 0.388 e. The standard InChI is InChI=1S/C15H12F3N5O2/c1-7(2)23-11-3-8(6-24)20-21-14(11)13(22-23)9-4-12(25-15(17)18)19-5-10(9)16/h3-7,15H,1-2H3. The number of aromatic nitrogens is 5. The van der Waals surface area contributed by atoms with Gasteiger partial charge in [0, 0.05) is 17.7 Å². The fraction of sp³-hybridized carbons (Fsp3) is 0.267. The van der Waals surface area contributed by atoms with E-state index < -0.39 is 18.3 Å². The third-order valence-corrected chi connectivity index (χ3v) is 3.38. The predicted octanol–water partition coefficient (Wildman–Crippen LogP) is 3.02. The van der Waals surface area contributed by atoms with Crippen molar-refractivity contribution < 1.29 is 22.7 Å². The average molecular weight is 351 g/mol. The summed E-state index contributed by atoms with van der Waals surface area (Å²) in [7, 11) is 0. The molecular weight excluding hydrogens is 339 g/mol. The first kappa shape index (κ1) is 16.8. The normalized spacial score (nSPS) is 11.5. The van der Waals surface area contributed by atoms with Crippen LogP contribution in [-0.2, 0) is 0 Å². The Morgan fingerprint density at radius 1 is 1.24 bits per heavy atom. The van der Waals surface area contributed by atoms with Crippen LogP contribution >= 0.6 is 0 Å². The summed E-state index contributed by atoms with van der Waals surface area (Å²) in [4.78, 5) is 14.4. The van der Waals surface area contributed by atoms with Crippen molar-refractivity contribution in [3.8, 4) is 17.1 Å². The van der Waals surface area contributed by atoms with Crippen molar-refractivity contribution >= 4 is 17.3 Å². The average Bonchev–Trinajstić information content (AvgIpc) is 2.95. The molecule has 0 bridgehead atoms. The molecule has 0 aliphatic heterocycles. The summed E-state index contributed by atoms with van der Waals surface area (Å²) in [6.07, 6.45) is 1.30. The van der Waals surface area contributed by atoms with Gasteiger partial charge in [-0.2, -0.15) is 13.9 Å². The zero-order chi connectivity index (χ0) is 18.1. The zero-order valence-corrected chi connectivity index (χ0v) is 13.2. The second kappa shape index (κ2) is 6.46. The van der Waals surface area contributed by atoms with Gasteiger partial charge in [-0.15, -0.1) is 10.2 Å². The summed E-state index contributed by atoms with van der Waals surface area (Å²) in [5, 5.41) is 11.9. The molecule has 0 saturated carbocycles. The maximum absolute atomic E-state index is 14.2. The lowest BCUT2D eigenvalue weighted by molar-refractivity contribution is -0.0528. The topological polar surface area (TPSA) is 82.8 Å². The Labute approximate surface area is 139 Å². The van der Waals surface area contributed by atoms with Crippen molar-refractivity contribution in [1.29, 1.82) is 0 Å². The molecule has 0 radical (unpaired) electrons. The highest BCUT2D eigenvalue weighted by atomic mass is 19.3. The number of aldehydes is 1. The number of carbonyl (C=O) groups excluding carboxylic acids is 1. The van der Waals surface area contributed by atoms with E-state index in [4.69, 9.17) is 0 Å². The van der Waals surface area contributed by atoms with Crippen molar-refractivity contribution in [3.63, 3.8) is 0 Å². The van der Waals surface area contributed by atoms with Crippen LogP contribution in [0.15, 0.2) is 18.3 Å². The van der Waals surface area contributed by atoms with Gasteiger partial charge in [0.1, 0.15) is 16.9 Å². The number of halogens is 3. The molecular formula is C15H12F3N5O2. The Morgan fingerprint density at radius 2 is 2.00 bits per heavy atom. The number of pyridine rings is 1.